The van der Waals surface area contributed by atoms with Crippen molar-refractivity contribution in [3.8, 4) is 11.5 Å². The average molecular weight is 362 g/mol. The zero-order chi connectivity index (χ0) is 18.2. The van der Waals surface area contributed by atoms with Crippen molar-refractivity contribution >= 4 is 5.78 Å². The molecule has 3 aliphatic rings. The predicted molar refractivity (Wildman–Crippen MR) is 102 cm³/mol. The van der Waals surface area contributed by atoms with Crippen LogP contribution in [0, 0.1) is 5.92 Å². The zero-order valence-electron chi connectivity index (χ0n) is 14.9. The number of Topliss-reactive ketones (excluding diaryl/α,β-unsaturated/α-hetero) is 1. The Balaban J connectivity index is 1.53. The van der Waals surface area contributed by atoms with Gasteiger partial charge in [0.15, 0.2) is 5.78 Å². The van der Waals surface area contributed by atoms with Crippen molar-refractivity contribution in [2.45, 2.75) is 12.1 Å². The van der Waals surface area contributed by atoms with Gasteiger partial charge in [-0.1, -0.05) is 30.3 Å². The molecule has 4 N–H and O–H groups in total. The second-order valence-corrected chi connectivity index (χ2v) is 7.20. The molecule has 138 valence electrons. The monoisotopic (exact) mass is 362 g/mol. The number of ketones is 1. The first-order valence-electron chi connectivity index (χ1n) is 9.34. The summed E-state index contributed by atoms with van der Waals surface area (Å²) in [6, 6.07) is 17.9. The van der Waals surface area contributed by atoms with Crippen LogP contribution < -0.4 is 26.2 Å². The summed E-state index contributed by atoms with van der Waals surface area (Å²) in [6.45, 7) is 1.90. The lowest BCUT2D eigenvalue weighted by molar-refractivity contribution is -0.115. The molecule has 2 aromatic rings. The Hall–Kier alpha value is -2.67. The van der Waals surface area contributed by atoms with Gasteiger partial charge in [0.2, 0.25) is 0 Å². The molecule has 0 spiro atoms. The van der Waals surface area contributed by atoms with Gasteiger partial charge < -0.3 is 15.4 Å². The van der Waals surface area contributed by atoms with E-state index in [9.17, 15) is 4.79 Å². The van der Waals surface area contributed by atoms with E-state index in [1.54, 1.807) is 0 Å². The predicted octanol–water partition coefficient (Wildman–Crippen LogP) is 1.64. The highest BCUT2D eigenvalue weighted by Crippen LogP contribution is 2.41. The van der Waals surface area contributed by atoms with E-state index in [0.717, 1.165) is 34.9 Å². The summed E-state index contributed by atoms with van der Waals surface area (Å²) in [4.78, 5) is 12.7. The molecule has 1 saturated heterocycles. The molecule has 2 aromatic carbocycles. The highest BCUT2D eigenvalue weighted by molar-refractivity contribution is 6.00. The molecule has 0 bridgehead atoms. The van der Waals surface area contributed by atoms with Crippen LogP contribution in [0.25, 0.3) is 0 Å². The molecule has 3 atom stereocenters. The van der Waals surface area contributed by atoms with E-state index in [1.165, 1.54) is 0 Å². The van der Waals surface area contributed by atoms with Crippen molar-refractivity contribution in [1.82, 2.24) is 21.5 Å². The molecule has 0 radical (unpaired) electrons. The number of hydrazine groups is 1. The lowest BCUT2D eigenvalue weighted by atomic mass is 9.74. The van der Waals surface area contributed by atoms with E-state index in [2.05, 4.69) is 33.6 Å². The number of benzene rings is 2. The van der Waals surface area contributed by atoms with Gasteiger partial charge in [0.1, 0.15) is 11.5 Å². The minimum Gasteiger partial charge on any atom is -0.457 e. The van der Waals surface area contributed by atoms with E-state index in [0.29, 0.717) is 13.1 Å². The first-order chi connectivity index (χ1) is 13.3. The molecule has 5 rings (SSSR count). The first-order valence-corrected chi connectivity index (χ1v) is 9.34. The number of fused-ring (bicyclic) bond motifs is 1. The van der Waals surface area contributed by atoms with Gasteiger partial charge in [-0.25, -0.2) is 5.43 Å². The van der Waals surface area contributed by atoms with E-state index >= 15 is 0 Å². The zero-order valence-corrected chi connectivity index (χ0v) is 14.9. The van der Waals surface area contributed by atoms with Crippen LogP contribution in [0.1, 0.15) is 11.5 Å². The second kappa shape index (κ2) is 6.81. The fraction of sp³-hybridized carbons (Fsp3) is 0.286. The minimum atomic E-state index is 0.0441. The quantitative estimate of drug-likeness (QED) is 0.665. The van der Waals surface area contributed by atoms with Crippen molar-refractivity contribution in [2.75, 3.05) is 19.6 Å². The third-order valence-corrected chi connectivity index (χ3v) is 5.50. The molecule has 3 unspecified atom stereocenters. The summed E-state index contributed by atoms with van der Waals surface area (Å²) in [5, 5.41) is 6.68. The lowest BCUT2D eigenvalue weighted by Crippen LogP contribution is -2.53. The van der Waals surface area contributed by atoms with Gasteiger partial charge in [0.25, 0.3) is 0 Å². The fourth-order valence-corrected chi connectivity index (χ4v) is 4.33. The van der Waals surface area contributed by atoms with Gasteiger partial charge in [-0.2, -0.15) is 0 Å². The maximum absolute atomic E-state index is 12.7. The van der Waals surface area contributed by atoms with Crippen molar-refractivity contribution in [3.05, 3.63) is 71.4 Å². The van der Waals surface area contributed by atoms with Crippen LogP contribution in [-0.4, -0.2) is 31.6 Å². The summed E-state index contributed by atoms with van der Waals surface area (Å²) < 4.78 is 6.02. The van der Waals surface area contributed by atoms with Crippen molar-refractivity contribution < 1.29 is 9.53 Å². The number of carbonyl (C=O) groups excluding carboxylic acids is 1. The minimum absolute atomic E-state index is 0.0441. The molecule has 6 nitrogen and oxygen atoms in total. The van der Waals surface area contributed by atoms with Crippen molar-refractivity contribution in [1.29, 1.82) is 0 Å². The lowest BCUT2D eigenvalue weighted by Gasteiger charge is -2.39. The Bertz CT molecular complexity index is 896. The average Bonchev–Trinajstić information content (AvgIpc) is 3.16. The Kier molecular flexibility index (Phi) is 4.16. The number of nitrogens with one attached hydrogen (secondary N) is 4. The van der Waals surface area contributed by atoms with Gasteiger partial charge in [0.05, 0.1) is 12.7 Å². The van der Waals surface area contributed by atoms with Crippen LogP contribution in [0.4, 0.5) is 0 Å². The summed E-state index contributed by atoms with van der Waals surface area (Å²) in [5.74, 6) is 2.07. The smallest absolute Gasteiger partial charge is 0.175 e. The van der Waals surface area contributed by atoms with Gasteiger partial charge in [-0.3, -0.25) is 10.2 Å². The van der Waals surface area contributed by atoms with Crippen LogP contribution in [0.5, 0.6) is 11.5 Å². The number of ether oxygens (including phenoxy) is 1. The fourth-order valence-electron chi connectivity index (χ4n) is 4.33. The summed E-state index contributed by atoms with van der Waals surface area (Å²) in [7, 11) is 0. The standard InChI is InChI=1S/C21H22N4O2/c26-18-12-22-11-17-20(18)19(16-10-23-25-21(16)24-17)13-5-4-8-15(9-13)27-14-6-2-1-3-7-14/h1-9,16,19,21-25H,10-12H2. The maximum atomic E-state index is 12.7. The van der Waals surface area contributed by atoms with E-state index in [-0.39, 0.29) is 23.8 Å². The highest BCUT2D eigenvalue weighted by atomic mass is 16.5. The van der Waals surface area contributed by atoms with Crippen LogP contribution >= 0.6 is 0 Å². The van der Waals surface area contributed by atoms with Gasteiger partial charge >= 0.3 is 0 Å². The number of para-hydroxylation sites is 1. The first kappa shape index (κ1) is 16.5. The third-order valence-electron chi connectivity index (χ3n) is 5.50. The second-order valence-electron chi connectivity index (χ2n) is 7.20. The Labute approximate surface area is 158 Å². The van der Waals surface area contributed by atoms with Gasteiger partial charge in [0, 0.05) is 36.2 Å². The molecule has 27 heavy (non-hydrogen) atoms. The van der Waals surface area contributed by atoms with Crippen LogP contribution in [-0.2, 0) is 4.79 Å². The third kappa shape index (κ3) is 3.02. The SMILES string of the molecule is O=C1CNCC2=C1C(c1cccc(Oc3ccccc3)c1)C1CNNC1N2. The van der Waals surface area contributed by atoms with E-state index in [1.807, 2.05) is 42.5 Å². The maximum Gasteiger partial charge on any atom is 0.175 e. The largest absolute Gasteiger partial charge is 0.457 e. The topological polar surface area (TPSA) is 74.4 Å². The van der Waals surface area contributed by atoms with Crippen molar-refractivity contribution in [2.24, 2.45) is 5.92 Å². The number of carbonyl (C=O) groups is 1. The van der Waals surface area contributed by atoms with Gasteiger partial charge in [-0.15, -0.1) is 0 Å². The summed E-state index contributed by atoms with van der Waals surface area (Å²) in [5.41, 5.74) is 9.57. The molecular weight excluding hydrogens is 340 g/mol. The van der Waals surface area contributed by atoms with E-state index in [4.69, 9.17) is 4.74 Å². The van der Waals surface area contributed by atoms with Crippen LogP contribution in [0.2, 0.25) is 0 Å². The normalized spacial score (nSPS) is 27.0. The Morgan fingerprint density at radius 2 is 1.81 bits per heavy atom. The molecule has 0 saturated carbocycles. The molecule has 3 aliphatic heterocycles. The summed E-state index contributed by atoms with van der Waals surface area (Å²) >= 11 is 0. The molecule has 3 heterocycles. The van der Waals surface area contributed by atoms with Crippen LogP contribution in [0.3, 0.4) is 0 Å². The van der Waals surface area contributed by atoms with E-state index < -0.39 is 0 Å². The van der Waals surface area contributed by atoms with Crippen molar-refractivity contribution in [3.63, 3.8) is 0 Å². The summed E-state index contributed by atoms with van der Waals surface area (Å²) in [6.07, 6.45) is 0.111. The molecule has 0 aliphatic carbocycles. The molecule has 6 heteroatoms. The highest BCUT2D eigenvalue weighted by Gasteiger charge is 2.44. The number of rotatable bonds is 3. The van der Waals surface area contributed by atoms with Crippen LogP contribution in [0.15, 0.2) is 65.9 Å². The molecular formula is C21H22N4O2. The molecule has 1 fully saturated rings. The molecule has 0 aromatic heterocycles. The number of hydrogen-bond donors (Lipinski definition) is 4. The molecule has 0 amide bonds. The Morgan fingerprint density at radius 1 is 0.963 bits per heavy atom. The number of hydrogen-bond acceptors (Lipinski definition) is 6. The van der Waals surface area contributed by atoms with Gasteiger partial charge in [-0.05, 0) is 29.8 Å². The Morgan fingerprint density at radius 3 is 2.70 bits per heavy atom.